The normalized spacial score (nSPS) is 16.2. The average Bonchev–Trinajstić information content (AvgIpc) is 3.13. The van der Waals surface area contributed by atoms with E-state index in [1.54, 1.807) is 0 Å². The fourth-order valence-electron chi connectivity index (χ4n) is 4.08. The molecule has 0 bridgehead atoms. The standard InChI is InChI=1S/C23H29N5/c1-4-18(27(3)5-2)15-20-21-9-7-6-8-12-28(21)23(26-20)17-11-10-16-14-22(24)25-19(16)13-17/h4,10-11,13,15H,1,5-9,12,14H2,2-3H3,(H2,24,25)/b18-15+. The molecule has 1 aromatic carbocycles. The van der Waals surface area contributed by atoms with Crippen LogP contribution in [0.5, 0.6) is 0 Å². The summed E-state index contributed by atoms with van der Waals surface area (Å²) in [5.41, 5.74) is 12.7. The topological polar surface area (TPSA) is 59.4 Å². The third kappa shape index (κ3) is 3.37. The molecule has 0 fully saturated rings. The van der Waals surface area contributed by atoms with Gasteiger partial charge in [-0.1, -0.05) is 25.1 Å². The summed E-state index contributed by atoms with van der Waals surface area (Å²) in [6.07, 6.45) is 9.57. The molecule has 0 radical (unpaired) electrons. The fourth-order valence-corrected chi connectivity index (χ4v) is 4.08. The van der Waals surface area contributed by atoms with Crippen LogP contribution in [0.2, 0.25) is 0 Å². The van der Waals surface area contributed by atoms with E-state index in [1.165, 1.54) is 30.5 Å². The van der Waals surface area contributed by atoms with Crippen LogP contribution in [0, 0.1) is 0 Å². The number of hydrogen-bond acceptors (Lipinski definition) is 4. The monoisotopic (exact) mass is 375 g/mol. The molecule has 5 nitrogen and oxygen atoms in total. The molecule has 1 aromatic heterocycles. The van der Waals surface area contributed by atoms with Crippen molar-refractivity contribution in [3.8, 4) is 11.4 Å². The van der Waals surface area contributed by atoms with Gasteiger partial charge in [-0.2, -0.15) is 0 Å². The van der Waals surface area contributed by atoms with Gasteiger partial charge in [0.25, 0.3) is 0 Å². The molecule has 0 saturated carbocycles. The number of imidazole rings is 1. The molecular weight excluding hydrogens is 346 g/mol. The highest BCUT2D eigenvalue weighted by atomic mass is 15.1. The molecule has 4 rings (SSSR count). The molecule has 2 aromatic rings. The second-order valence-corrected chi connectivity index (χ2v) is 7.64. The minimum atomic E-state index is 0.691. The molecule has 0 amide bonds. The Balaban J connectivity index is 1.83. The van der Waals surface area contributed by atoms with Crippen molar-refractivity contribution in [3.63, 3.8) is 0 Å². The number of amidine groups is 1. The smallest absolute Gasteiger partial charge is 0.140 e. The van der Waals surface area contributed by atoms with Crippen LogP contribution in [0.25, 0.3) is 17.5 Å². The Morgan fingerprint density at radius 3 is 2.96 bits per heavy atom. The van der Waals surface area contributed by atoms with Crippen LogP contribution in [0.1, 0.15) is 43.1 Å². The maximum Gasteiger partial charge on any atom is 0.140 e. The Labute approximate surface area is 167 Å². The quantitative estimate of drug-likeness (QED) is 0.793. The zero-order valence-corrected chi connectivity index (χ0v) is 16.9. The number of fused-ring (bicyclic) bond motifs is 2. The lowest BCUT2D eigenvalue weighted by atomic mass is 10.1. The van der Waals surface area contributed by atoms with Crippen LogP contribution >= 0.6 is 0 Å². The molecule has 0 spiro atoms. The van der Waals surface area contributed by atoms with E-state index in [0.717, 1.165) is 54.4 Å². The summed E-state index contributed by atoms with van der Waals surface area (Å²) in [5, 5.41) is 0. The zero-order chi connectivity index (χ0) is 19.7. The highest BCUT2D eigenvalue weighted by Gasteiger charge is 2.21. The van der Waals surface area contributed by atoms with Crippen molar-refractivity contribution >= 4 is 17.6 Å². The molecule has 0 aliphatic carbocycles. The van der Waals surface area contributed by atoms with Gasteiger partial charge in [0.05, 0.1) is 11.4 Å². The summed E-state index contributed by atoms with van der Waals surface area (Å²) in [6.45, 7) is 8.09. The van der Waals surface area contributed by atoms with Gasteiger partial charge in [-0.05, 0) is 50.0 Å². The zero-order valence-electron chi connectivity index (χ0n) is 16.9. The third-order valence-corrected chi connectivity index (χ3v) is 5.79. The van der Waals surface area contributed by atoms with Crippen LogP contribution in [-0.2, 0) is 19.4 Å². The number of benzene rings is 1. The van der Waals surface area contributed by atoms with Gasteiger partial charge in [0.15, 0.2) is 0 Å². The number of allylic oxidation sites excluding steroid dienone is 1. The van der Waals surface area contributed by atoms with Gasteiger partial charge in [-0.25, -0.2) is 9.98 Å². The van der Waals surface area contributed by atoms with Crippen LogP contribution < -0.4 is 5.73 Å². The summed E-state index contributed by atoms with van der Waals surface area (Å²) < 4.78 is 2.41. The number of aromatic nitrogens is 2. The van der Waals surface area contributed by atoms with Crippen molar-refractivity contribution in [3.05, 3.63) is 53.5 Å². The van der Waals surface area contributed by atoms with Crippen molar-refractivity contribution < 1.29 is 0 Å². The Morgan fingerprint density at radius 1 is 1.32 bits per heavy atom. The van der Waals surface area contributed by atoms with Gasteiger partial charge in [0, 0.05) is 43.5 Å². The van der Waals surface area contributed by atoms with Crippen LogP contribution in [0.15, 0.2) is 41.5 Å². The Morgan fingerprint density at radius 2 is 2.18 bits per heavy atom. The molecular formula is C23H29N5. The Hall–Kier alpha value is -2.82. The minimum absolute atomic E-state index is 0.691. The first-order valence-corrected chi connectivity index (χ1v) is 10.2. The number of rotatable bonds is 5. The summed E-state index contributed by atoms with van der Waals surface area (Å²) in [6, 6.07) is 6.44. The van der Waals surface area contributed by atoms with E-state index in [2.05, 4.69) is 59.3 Å². The lowest BCUT2D eigenvalue weighted by Crippen LogP contribution is -2.15. The number of aliphatic imine (C=N–C) groups is 1. The van der Waals surface area contributed by atoms with Crippen molar-refractivity contribution in [2.75, 3.05) is 13.6 Å². The van der Waals surface area contributed by atoms with Crippen molar-refractivity contribution in [1.82, 2.24) is 14.5 Å². The first-order valence-electron chi connectivity index (χ1n) is 10.2. The van der Waals surface area contributed by atoms with Crippen molar-refractivity contribution in [1.29, 1.82) is 0 Å². The SMILES string of the molecule is C=C/C(=C\c1nc(-c2ccc3c(c2)N=C(N)C3)n2c1CCCCC2)N(C)CC. The van der Waals surface area contributed by atoms with Gasteiger partial charge >= 0.3 is 0 Å². The number of nitrogens with zero attached hydrogens (tertiary/aromatic N) is 4. The van der Waals surface area contributed by atoms with E-state index >= 15 is 0 Å². The molecule has 2 N–H and O–H groups in total. The number of hydrogen-bond donors (Lipinski definition) is 1. The van der Waals surface area contributed by atoms with Crippen molar-refractivity contribution in [2.45, 2.75) is 45.6 Å². The first kappa shape index (κ1) is 18.5. The molecule has 0 saturated heterocycles. The van der Waals surface area contributed by atoms with Gasteiger partial charge in [-0.15, -0.1) is 0 Å². The van der Waals surface area contributed by atoms with E-state index in [4.69, 9.17) is 10.7 Å². The summed E-state index contributed by atoms with van der Waals surface area (Å²) in [5.74, 6) is 1.73. The second-order valence-electron chi connectivity index (χ2n) is 7.64. The molecule has 3 heterocycles. The predicted molar refractivity (Wildman–Crippen MR) is 117 cm³/mol. The second kappa shape index (κ2) is 7.66. The van der Waals surface area contributed by atoms with E-state index in [1.807, 2.05) is 6.08 Å². The third-order valence-electron chi connectivity index (χ3n) is 5.79. The lowest BCUT2D eigenvalue weighted by Gasteiger charge is -2.17. The highest BCUT2D eigenvalue weighted by Crippen LogP contribution is 2.33. The Kier molecular flexibility index (Phi) is 5.07. The molecule has 28 heavy (non-hydrogen) atoms. The van der Waals surface area contributed by atoms with Crippen LogP contribution in [0.4, 0.5) is 5.69 Å². The molecule has 0 atom stereocenters. The largest absolute Gasteiger partial charge is 0.387 e. The molecule has 2 aliphatic rings. The van der Waals surface area contributed by atoms with Crippen molar-refractivity contribution in [2.24, 2.45) is 10.7 Å². The maximum atomic E-state index is 5.93. The molecule has 146 valence electrons. The maximum absolute atomic E-state index is 5.93. The number of likely N-dealkylation sites (N-methyl/N-ethyl adjacent to an activating group) is 1. The van der Waals surface area contributed by atoms with Gasteiger partial charge in [0.2, 0.25) is 0 Å². The van der Waals surface area contributed by atoms with E-state index < -0.39 is 0 Å². The fraction of sp³-hybridized carbons (Fsp3) is 0.391. The first-order chi connectivity index (χ1) is 13.6. The summed E-state index contributed by atoms with van der Waals surface area (Å²) in [7, 11) is 2.09. The Bertz CT molecular complexity index is 964. The van der Waals surface area contributed by atoms with E-state index in [0.29, 0.717) is 5.84 Å². The molecule has 2 aliphatic heterocycles. The van der Waals surface area contributed by atoms with Gasteiger partial charge in [0.1, 0.15) is 11.7 Å². The molecule has 0 unspecified atom stereocenters. The van der Waals surface area contributed by atoms with E-state index in [9.17, 15) is 0 Å². The predicted octanol–water partition coefficient (Wildman–Crippen LogP) is 4.30. The van der Waals surface area contributed by atoms with Crippen LogP contribution in [0.3, 0.4) is 0 Å². The molecule has 5 heteroatoms. The summed E-state index contributed by atoms with van der Waals surface area (Å²) in [4.78, 5) is 11.8. The van der Waals surface area contributed by atoms with Gasteiger partial charge < -0.3 is 15.2 Å². The van der Waals surface area contributed by atoms with Gasteiger partial charge in [-0.3, -0.25) is 0 Å². The summed E-state index contributed by atoms with van der Waals surface area (Å²) >= 11 is 0. The lowest BCUT2D eigenvalue weighted by molar-refractivity contribution is 0.460. The van der Waals surface area contributed by atoms with E-state index in [-0.39, 0.29) is 0 Å². The highest BCUT2D eigenvalue weighted by molar-refractivity contribution is 5.91. The number of nitrogens with two attached hydrogens (primary N) is 1. The average molecular weight is 376 g/mol. The minimum Gasteiger partial charge on any atom is -0.387 e. The van der Waals surface area contributed by atoms with Crippen LogP contribution in [-0.4, -0.2) is 33.9 Å².